The molecule has 27 heavy (non-hydrogen) atoms. The van der Waals surface area contributed by atoms with Crippen LogP contribution in [0.4, 0.5) is 0 Å². The molecule has 0 radical (unpaired) electrons. The second kappa shape index (κ2) is 10.0. The van der Waals surface area contributed by atoms with Crippen molar-refractivity contribution in [3.63, 3.8) is 0 Å². The average Bonchev–Trinajstić information content (AvgIpc) is 3.40. The van der Waals surface area contributed by atoms with Gasteiger partial charge in [-0.15, -0.1) is 0 Å². The van der Waals surface area contributed by atoms with Crippen LogP contribution >= 0.6 is 0 Å². The minimum atomic E-state index is 0.287. The first-order chi connectivity index (χ1) is 13.3. The van der Waals surface area contributed by atoms with E-state index in [1.165, 1.54) is 18.4 Å². The number of nitrogens with one attached hydrogen (secondary N) is 2. The minimum Gasteiger partial charge on any atom is -0.497 e. The highest BCUT2D eigenvalue weighted by Gasteiger charge is 2.24. The number of methoxy groups -OCH3 is 1. The number of hydrogen-bond acceptors (Lipinski definition) is 4. The molecule has 1 aromatic heterocycles. The molecule has 0 spiro atoms. The predicted molar refractivity (Wildman–Crippen MR) is 108 cm³/mol. The normalized spacial score (nSPS) is 16.3. The smallest absolute Gasteiger partial charge is 0.191 e. The van der Waals surface area contributed by atoms with E-state index >= 15 is 0 Å². The first-order valence-corrected chi connectivity index (χ1v) is 9.72. The monoisotopic (exact) mass is 370 g/mol. The van der Waals surface area contributed by atoms with Gasteiger partial charge < -0.3 is 19.8 Å². The van der Waals surface area contributed by atoms with Gasteiger partial charge in [0.1, 0.15) is 18.1 Å². The summed E-state index contributed by atoms with van der Waals surface area (Å²) in [4.78, 5) is 7.18. The second-order valence-electron chi connectivity index (χ2n) is 6.69. The van der Waals surface area contributed by atoms with Crippen LogP contribution in [0.3, 0.4) is 0 Å². The molecule has 1 unspecified atom stereocenters. The third-order valence-corrected chi connectivity index (χ3v) is 4.84. The summed E-state index contributed by atoms with van der Waals surface area (Å²) < 4.78 is 10.8. The van der Waals surface area contributed by atoms with Crippen molar-refractivity contribution in [1.82, 2.24) is 15.5 Å². The Balaban J connectivity index is 1.70. The largest absolute Gasteiger partial charge is 0.497 e. The van der Waals surface area contributed by atoms with Crippen molar-refractivity contribution >= 4 is 5.96 Å². The molecule has 2 N–H and O–H groups in total. The molecule has 6 heteroatoms. The van der Waals surface area contributed by atoms with E-state index in [0.29, 0.717) is 6.54 Å². The van der Waals surface area contributed by atoms with Crippen LogP contribution in [0.2, 0.25) is 0 Å². The van der Waals surface area contributed by atoms with E-state index < -0.39 is 0 Å². The van der Waals surface area contributed by atoms with Crippen LogP contribution in [0.15, 0.2) is 52.1 Å². The number of likely N-dealkylation sites (tertiary alicyclic amines) is 1. The number of nitrogens with zero attached hydrogens (tertiary/aromatic N) is 2. The third-order valence-electron chi connectivity index (χ3n) is 4.84. The minimum absolute atomic E-state index is 0.287. The van der Waals surface area contributed by atoms with Crippen molar-refractivity contribution in [2.75, 3.05) is 33.3 Å². The zero-order valence-corrected chi connectivity index (χ0v) is 16.3. The number of furan rings is 1. The van der Waals surface area contributed by atoms with E-state index in [9.17, 15) is 0 Å². The molecule has 1 saturated heterocycles. The molecular formula is C21H30N4O2. The summed E-state index contributed by atoms with van der Waals surface area (Å²) in [5.74, 6) is 2.56. The van der Waals surface area contributed by atoms with E-state index in [2.05, 4.69) is 45.6 Å². The molecule has 146 valence electrons. The summed E-state index contributed by atoms with van der Waals surface area (Å²) in [6, 6.07) is 12.5. The molecule has 0 bridgehead atoms. The Hall–Kier alpha value is -2.47. The van der Waals surface area contributed by atoms with Gasteiger partial charge in [-0.25, -0.2) is 4.99 Å². The third kappa shape index (κ3) is 5.50. The maximum atomic E-state index is 5.43. The Bertz CT molecular complexity index is 709. The van der Waals surface area contributed by atoms with Crippen molar-refractivity contribution in [1.29, 1.82) is 0 Å². The van der Waals surface area contributed by atoms with Crippen molar-refractivity contribution in [2.45, 2.75) is 32.4 Å². The molecule has 3 rings (SSSR count). The zero-order valence-electron chi connectivity index (χ0n) is 16.3. The SMILES string of the molecule is CCNC(=NCc1ccco1)NCC(c1cccc(OC)c1)N1CCCC1. The van der Waals surface area contributed by atoms with Gasteiger partial charge in [0, 0.05) is 13.1 Å². The lowest BCUT2D eigenvalue weighted by Gasteiger charge is -2.29. The van der Waals surface area contributed by atoms with Gasteiger partial charge in [0.05, 0.1) is 19.4 Å². The number of guanidine groups is 1. The first kappa shape index (κ1) is 19.3. The van der Waals surface area contributed by atoms with Crippen LogP contribution in [0.1, 0.15) is 37.1 Å². The summed E-state index contributed by atoms with van der Waals surface area (Å²) in [5.41, 5.74) is 1.27. The number of rotatable bonds is 8. The Kier molecular flexibility index (Phi) is 7.16. The molecule has 1 atom stereocenters. The summed E-state index contributed by atoms with van der Waals surface area (Å²) >= 11 is 0. The van der Waals surface area contributed by atoms with Crippen LogP contribution in [-0.4, -0.2) is 44.1 Å². The maximum absolute atomic E-state index is 5.43. The molecule has 2 aromatic rings. The molecule has 6 nitrogen and oxygen atoms in total. The van der Waals surface area contributed by atoms with E-state index in [4.69, 9.17) is 9.15 Å². The fourth-order valence-electron chi connectivity index (χ4n) is 3.45. The Morgan fingerprint density at radius 3 is 2.78 bits per heavy atom. The molecule has 1 aliphatic rings. The van der Waals surface area contributed by atoms with Crippen LogP contribution in [0, 0.1) is 0 Å². The van der Waals surface area contributed by atoms with Gasteiger partial charge in [0.15, 0.2) is 5.96 Å². The van der Waals surface area contributed by atoms with E-state index in [-0.39, 0.29) is 6.04 Å². The van der Waals surface area contributed by atoms with Gasteiger partial charge in [-0.2, -0.15) is 0 Å². The predicted octanol–water partition coefficient (Wildman–Crippen LogP) is 3.18. The average molecular weight is 370 g/mol. The van der Waals surface area contributed by atoms with Gasteiger partial charge in [-0.3, -0.25) is 4.90 Å². The van der Waals surface area contributed by atoms with Crippen molar-refractivity contribution in [2.24, 2.45) is 4.99 Å². The van der Waals surface area contributed by atoms with E-state index in [1.807, 2.05) is 18.2 Å². The Labute approximate surface area is 161 Å². The molecule has 0 saturated carbocycles. The topological polar surface area (TPSA) is 62.0 Å². The molecule has 2 heterocycles. The van der Waals surface area contributed by atoms with Crippen molar-refractivity contribution < 1.29 is 9.15 Å². The van der Waals surface area contributed by atoms with Crippen molar-refractivity contribution in [3.8, 4) is 5.75 Å². The van der Waals surface area contributed by atoms with Gasteiger partial charge in [0.25, 0.3) is 0 Å². The van der Waals surface area contributed by atoms with Crippen molar-refractivity contribution in [3.05, 3.63) is 54.0 Å². The van der Waals surface area contributed by atoms with Crippen LogP contribution < -0.4 is 15.4 Å². The maximum Gasteiger partial charge on any atom is 0.191 e. The second-order valence-corrected chi connectivity index (χ2v) is 6.69. The van der Waals surface area contributed by atoms with Gasteiger partial charge in [0.2, 0.25) is 0 Å². The summed E-state index contributed by atoms with van der Waals surface area (Å²) in [6.07, 6.45) is 4.19. The fraction of sp³-hybridized carbons (Fsp3) is 0.476. The molecule has 0 aliphatic carbocycles. The zero-order chi connectivity index (χ0) is 18.9. The number of ether oxygens (including phenoxy) is 1. The number of hydrogen-bond donors (Lipinski definition) is 2. The van der Waals surface area contributed by atoms with E-state index in [0.717, 1.165) is 43.6 Å². The lowest BCUT2D eigenvalue weighted by molar-refractivity contribution is 0.245. The lowest BCUT2D eigenvalue weighted by Crippen LogP contribution is -2.42. The highest BCUT2D eigenvalue weighted by Crippen LogP contribution is 2.27. The van der Waals surface area contributed by atoms with Crippen LogP contribution in [0.5, 0.6) is 5.75 Å². The fourth-order valence-corrected chi connectivity index (χ4v) is 3.45. The highest BCUT2D eigenvalue weighted by atomic mass is 16.5. The summed E-state index contributed by atoms with van der Waals surface area (Å²) in [5, 5.41) is 6.83. The molecule has 1 aliphatic heterocycles. The molecule has 1 aromatic carbocycles. The number of benzene rings is 1. The standard InChI is InChI=1S/C21H30N4O2/c1-3-22-21(23-15-19-10-7-13-27-19)24-16-20(25-11-4-5-12-25)17-8-6-9-18(14-17)26-2/h6-10,13-14,20H,3-5,11-12,15-16H2,1-2H3,(H2,22,23,24). The van der Waals surface area contributed by atoms with Gasteiger partial charge in [-0.05, 0) is 62.7 Å². The number of aliphatic imine (C=N–C) groups is 1. The highest BCUT2D eigenvalue weighted by molar-refractivity contribution is 5.79. The molecule has 0 amide bonds. The molecule has 1 fully saturated rings. The van der Waals surface area contributed by atoms with Crippen LogP contribution in [-0.2, 0) is 6.54 Å². The van der Waals surface area contributed by atoms with Gasteiger partial charge in [-0.1, -0.05) is 12.1 Å². The first-order valence-electron chi connectivity index (χ1n) is 9.72. The summed E-state index contributed by atoms with van der Waals surface area (Å²) in [7, 11) is 1.72. The van der Waals surface area contributed by atoms with Crippen LogP contribution in [0.25, 0.3) is 0 Å². The quantitative estimate of drug-likeness (QED) is 0.552. The molecular weight excluding hydrogens is 340 g/mol. The lowest BCUT2D eigenvalue weighted by atomic mass is 10.1. The Morgan fingerprint density at radius 1 is 1.22 bits per heavy atom. The Morgan fingerprint density at radius 2 is 2.07 bits per heavy atom. The van der Waals surface area contributed by atoms with Gasteiger partial charge >= 0.3 is 0 Å². The summed E-state index contributed by atoms with van der Waals surface area (Å²) in [6.45, 7) is 6.46. The van der Waals surface area contributed by atoms with E-state index in [1.54, 1.807) is 13.4 Å².